The lowest BCUT2D eigenvalue weighted by Gasteiger charge is -2.38. The smallest absolute Gasteiger partial charge is 0.261 e. The van der Waals surface area contributed by atoms with Crippen LogP contribution in [0.2, 0.25) is 5.02 Å². The normalized spacial score (nSPS) is 17.1. The van der Waals surface area contributed by atoms with E-state index >= 15 is 0 Å². The summed E-state index contributed by atoms with van der Waals surface area (Å²) in [5, 5.41) is 2.24. The van der Waals surface area contributed by atoms with Gasteiger partial charge in [-0.25, -0.2) is 12.8 Å². The Morgan fingerprint density at radius 2 is 2.05 bits per heavy atom. The first-order valence-corrected chi connectivity index (χ1v) is 9.03. The number of nitrogens with one attached hydrogen (secondary N) is 1. The fourth-order valence-electron chi connectivity index (χ4n) is 2.22. The van der Waals surface area contributed by atoms with Crippen molar-refractivity contribution in [2.75, 3.05) is 6.54 Å². The van der Waals surface area contributed by atoms with Crippen molar-refractivity contribution in [2.45, 2.75) is 31.1 Å². The summed E-state index contributed by atoms with van der Waals surface area (Å²) in [4.78, 5) is 11.6. The first-order chi connectivity index (χ1) is 9.62. The molecule has 116 valence electrons. The van der Waals surface area contributed by atoms with Crippen LogP contribution in [0.15, 0.2) is 17.0 Å². The maximum atomic E-state index is 13.6. The van der Waals surface area contributed by atoms with Crippen molar-refractivity contribution in [2.24, 2.45) is 5.41 Å². The number of carbonyl (C=O) groups is 1. The summed E-state index contributed by atoms with van der Waals surface area (Å²) >= 11 is 5.73. The Bertz CT molecular complexity index is 687. The van der Waals surface area contributed by atoms with Gasteiger partial charge >= 0.3 is 0 Å². The van der Waals surface area contributed by atoms with Crippen LogP contribution >= 0.6 is 22.3 Å². The van der Waals surface area contributed by atoms with Crippen molar-refractivity contribution in [3.8, 4) is 0 Å². The summed E-state index contributed by atoms with van der Waals surface area (Å²) in [6.07, 6.45) is 3.12. The zero-order valence-electron chi connectivity index (χ0n) is 11.3. The summed E-state index contributed by atoms with van der Waals surface area (Å²) in [6.45, 7) is 2.47. The van der Waals surface area contributed by atoms with Gasteiger partial charge < -0.3 is 5.32 Å². The van der Waals surface area contributed by atoms with E-state index in [1.807, 2.05) is 6.92 Å². The Morgan fingerprint density at radius 3 is 2.52 bits per heavy atom. The van der Waals surface area contributed by atoms with Crippen LogP contribution in [-0.2, 0) is 9.05 Å². The van der Waals surface area contributed by atoms with E-state index < -0.39 is 30.7 Å². The predicted octanol–water partition coefficient (Wildman–Crippen LogP) is 3.33. The van der Waals surface area contributed by atoms with Gasteiger partial charge in [0.2, 0.25) is 0 Å². The fraction of sp³-hybridized carbons (Fsp3) is 0.462. The molecule has 0 aromatic heterocycles. The van der Waals surface area contributed by atoms with Crippen molar-refractivity contribution in [1.82, 2.24) is 5.32 Å². The summed E-state index contributed by atoms with van der Waals surface area (Å²) in [5.41, 5.74) is -0.199. The molecular formula is C13H14Cl2FNO3S. The average Bonchev–Trinajstić information content (AvgIpc) is 2.35. The molecule has 1 fully saturated rings. The number of halogens is 3. The number of benzene rings is 1. The van der Waals surface area contributed by atoms with E-state index in [1.54, 1.807) is 0 Å². The third kappa shape index (κ3) is 3.67. The molecule has 1 aromatic carbocycles. The van der Waals surface area contributed by atoms with Gasteiger partial charge in [0.25, 0.3) is 15.0 Å². The molecule has 0 unspecified atom stereocenters. The van der Waals surface area contributed by atoms with Crippen molar-refractivity contribution in [1.29, 1.82) is 0 Å². The van der Waals surface area contributed by atoms with E-state index in [4.69, 9.17) is 22.3 Å². The van der Waals surface area contributed by atoms with Crippen LogP contribution in [0.1, 0.15) is 36.5 Å². The van der Waals surface area contributed by atoms with Gasteiger partial charge in [-0.3, -0.25) is 4.79 Å². The highest BCUT2D eigenvalue weighted by molar-refractivity contribution is 8.13. The number of carbonyl (C=O) groups excluding carboxylic acids is 1. The van der Waals surface area contributed by atoms with Crippen LogP contribution in [0.5, 0.6) is 0 Å². The Morgan fingerprint density at radius 1 is 1.43 bits per heavy atom. The molecule has 1 aliphatic rings. The molecular weight excluding hydrogens is 340 g/mol. The van der Waals surface area contributed by atoms with E-state index in [0.29, 0.717) is 12.6 Å². The monoisotopic (exact) mass is 353 g/mol. The highest BCUT2D eigenvalue weighted by Gasteiger charge is 2.32. The molecule has 2 rings (SSSR count). The van der Waals surface area contributed by atoms with Crippen molar-refractivity contribution in [3.05, 3.63) is 28.5 Å². The van der Waals surface area contributed by atoms with Gasteiger partial charge in [0.05, 0.1) is 15.5 Å². The molecule has 0 radical (unpaired) electrons. The summed E-state index contributed by atoms with van der Waals surface area (Å²) in [5.74, 6) is -1.62. The van der Waals surface area contributed by atoms with Crippen LogP contribution in [-0.4, -0.2) is 20.9 Å². The maximum Gasteiger partial charge on any atom is 0.261 e. The van der Waals surface area contributed by atoms with Crippen molar-refractivity contribution in [3.63, 3.8) is 0 Å². The number of rotatable bonds is 4. The summed E-state index contributed by atoms with van der Waals surface area (Å²) in [6, 6.07) is 1.67. The fourth-order valence-corrected chi connectivity index (χ4v) is 3.18. The van der Waals surface area contributed by atoms with Gasteiger partial charge in [-0.1, -0.05) is 24.9 Å². The van der Waals surface area contributed by atoms with Gasteiger partial charge in [-0.2, -0.15) is 0 Å². The second-order valence-electron chi connectivity index (χ2n) is 5.55. The van der Waals surface area contributed by atoms with E-state index in [9.17, 15) is 17.6 Å². The Kier molecular flexibility index (Phi) is 4.52. The number of hydrogen-bond donors (Lipinski definition) is 1. The quantitative estimate of drug-likeness (QED) is 0.844. The van der Waals surface area contributed by atoms with Gasteiger partial charge in [0.1, 0.15) is 5.82 Å². The topological polar surface area (TPSA) is 63.2 Å². The lowest BCUT2D eigenvalue weighted by atomic mass is 9.70. The molecule has 1 saturated carbocycles. The Balaban J connectivity index is 2.25. The van der Waals surface area contributed by atoms with Gasteiger partial charge in [0, 0.05) is 17.2 Å². The van der Waals surface area contributed by atoms with E-state index in [2.05, 4.69) is 5.32 Å². The van der Waals surface area contributed by atoms with Crippen LogP contribution in [0, 0.1) is 11.2 Å². The average molecular weight is 354 g/mol. The number of amides is 1. The molecule has 0 atom stereocenters. The first-order valence-electron chi connectivity index (χ1n) is 6.34. The molecule has 0 bridgehead atoms. The molecule has 0 heterocycles. The minimum atomic E-state index is -4.14. The van der Waals surface area contributed by atoms with Gasteiger partial charge in [-0.05, 0) is 30.4 Å². The lowest BCUT2D eigenvalue weighted by molar-refractivity contribution is 0.0890. The maximum absolute atomic E-state index is 13.6. The Labute approximate surface area is 132 Å². The molecule has 0 saturated heterocycles. The lowest BCUT2D eigenvalue weighted by Crippen LogP contribution is -2.40. The minimum absolute atomic E-state index is 0.0385. The summed E-state index contributed by atoms with van der Waals surface area (Å²) in [7, 11) is 1.03. The predicted molar refractivity (Wildman–Crippen MR) is 78.7 cm³/mol. The second kappa shape index (κ2) is 5.74. The largest absolute Gasteiger partial charge is 0.351 e. The minimum Gasteiger partial charge on any atom is -0.351 e. The van der Waals surface area contributed by atoms with E-state index in [0.717, 1.165) is 25.3 Å². The standard InChI is InChI=1S/C13H14Cl2FNO3S/c1-13(3-2-4-13)7-17-12(18)9-5-8(21(15,19)20)6-10(16)11(9)14/h5-6H,2-4,7H2,1H3,(H,17,18). The zero-order valence-corrected chi connectivity index (χ0v) is 13.6. The molecule has 1 aromatic rings. The van der Waals surface area contributed by atoms with E-state index in [1.165, 1.54) is 0 Å². The highest BCUT2D eigenvalue weighted by Crippen LogP contribution is 2.39. The molecule has 1 aliphatic carbocycles. The third-order valence-electron chi connectivity index (χ3n) is 3.76. The van der Waals surface area contributed by atoms with E-state index in [-0.39, 0.29) is 11.0 Å². The molecule has 8 heteroatoms. The zero-order chi connectivity index (χ0) is 15.8. The van der Waals surface area contributed by atoms with Gasteiger partial charge in [-0.15, -0.1) is 0 Å². The molecule has 4 nitrogen and oxygen atoms in total. The number of hydrogen-bond acceptors (Lipinski definition) is 3. The molecule has 0 spiro atoms. The second-order valence-corrected chi connectivity index (χ2v) is 8.50. The van der Waals surface area contributed by atoms with Crippen LogP contribution in [0.4, 0.5) is 4.39 Å². The molecule has 1 amide bonds. The third-order valence-corrected chi connectivity index (χ3v) is 5.48. The van der Waals surface area contributed by atoms with Crippen molar-refractivity contribution < 1.29 is 17.6 Å². The highest BCUT2D eigenvalue weighted by atomic mass is 35.7. The summed E-state index contributed by atoms with van der Waals surface area (Å²) < 4.78 is 36.2. The van der Waals surface area contributed by atoms with Crippen molar-refractivity contribution >= 4 is 37.2 Å². The van der Waals surface area contributed by atoms with Crippen LogP contribution in [0.25, 0.3) is 0 Å². The Hall–Kier alpha value is -0.850. The molecule has 21 heavy (non-hydrogen) atoms. The first kappa shape index (κ1) is 16.5. The molecule has 0 aliphatic heterocycles. The van der Waals surface area contributed by atoms with Gasteiger partial charge in [0.15, 0.2) is 0 Å². The molecule has 1 N–H and O–H groups in total. The van der Waals surface area contributed by atoms with Crippen LogP contribution < -0.4 is 5.32 Å². The van der Waals surface area contributed by atoms with Crippen LogP contribution in [0.3, 0.4) is 0 Å². The SMILES string of the molecule is CC1(CNC(=O)c2cc(S(=O)(=O)Cl)cc(F)c2Cl)CCC1.